The first-order chi connectivity index (χ1) is 6.66. The summed E-state index contributed by atoms with van der Waals surface area (Å²) in [6, 6.07) is 2.04. The Bertz CT molecular complexity index is 337. The van der Waals surface area contributed by atoms with Crippen molar-refractivity contribution in [1.29, 1.82) is 0 Å². The molecule has 2 nitrogen and oxygen atoms in total. The molecule has 0 radical (unpaired) electrons. The molecule has 76 valence electrons. The number of nitrogens with zero attached hydrogens (tertiary/aromatic N) is 1. The maximum atomic E-state index is 10.3. The summed E-state index contributed by atoms with van der Waals surface area (Å²) >= 11 is 0. The smallest absolute Gasteiger partial charge is 0.0944 e. The SMILES string of the molecule is CCCC1CC1(O)c1cncc(C)c1. The molecule has 2 unspecified atom stereocenters. The van der Waals surface area contributed by atoms with Gasteiger partial charge >= 0.3 is 0 Å². The van der Waals surface area contributed by atoms with Gasteiger partial charge in [0.2, 0.25) is 0 Å². The van der Waals surface area contributed by atoms with Crippen LogP contribution in [0, 0.1) is 12.8 Å². The van der Waals surface area contributed by atoms with Gasteiger partial charge in [0.25, 0.3) is 0 Å². The van der Waals surface area contributed by atoms with Gasteiger partial charge in [0.05, 0.1) is 5.60 Å². The van der Waals surface area contributed by atoms with Crippen LogP contribution in [0.2, 0.25) is 0 Å². The van der Waals surface area contributed by atoms with Crippen LogP contribution in [0.4, 0.5) is 0 Å². The molecule has 0 spiro atoms. The van der Waals surface area contributed by atoms with Gasteiger partial charge in [-0.05, 0) is 31.2 Å². The molecule has 2 atom stereocenters. The first-order valence-electron chi connectivity index (χ1n) is 5.31. The molecule has 0 saturated heterocycles. The molecule has 1 fully saturated rings. The topological polar surface area (TPSA) is 33.1 Å². The van der Waals surface area contributed by atoms with Crippen molar-refractivity contribution < 1.29 is 5.11 Å². The summed E-state index contributed by atoms with van der Waals surface area (Å²) in [5.74, 6) is 0.455. The number of hydrogen-bond acceptors (Lipinski definition) is 2. The van der Waals surface area contributed by atoms with Gasteiger partial charge in [-0.15, -0.1) is 0 Å². The molecule has 0 amide bonds. The van der Waals surface area contributed by atoms with E-state index in [9.17, 15) is 5.11 Å². The standard InChI is InChI=1S/C12H17NO/c1-3-4-10-6-12(10,14)11-5-9(2)7-13-8-11/h5,7-8,10,14H,3-4,6H2,1-2H3. The van der Waals surface area contributed by atoms with Gasteiger partial charge in [-0.3, -0.25) is 4.98 Å². The van der Waals surface area contributed by atoms with Gasteiger partial charge < -0.3 is 5.11 Å². The van der Waals surface area contributed by atoms with Gasteiger partial charge in [-0.2, -0.15) is 0 Å². The molecule has 0 aromatic carbocycles. The third-order valence-corrected chi connectivity index (χ3v) is 3.08. The molecule has 2 rings (SSSR count). The second-order valence-electron chi connectivity index (χ2n) is 4.36. The van der Waals surface area contributed by atoms with Crippen LogP contribution in [0.25, 0.3) is 0 Å². The lowest BCUT2D eigenvalue weighted by Gasteiger charge is -2.10. The highest BCUT2D eigenvalue weighted by Gasteiger charge is 2.53. The molecule has 1 heterocycles. The molecule has 1 saturated carbocycles. The molecular formula is C12H17NO. The molecule has 0 bridgehead atoms. The average Bonchev–Trinajstić information content (AvgIpc) is 2.79. The Morgan fingerprint density at radius 2 is 2.36 bits per heavy atom. The van der Waals surface area contributed by atoms with E-state index in [4.69, 9.17) is 0 Å². The van der Waals surface area contributed by atoms with Gasteiger partial charge in [0.1, 0.15) is 0 Å². The van der Waals surface area contributed by atoms with Crippen molar-refractivity contribution in [2.75, 3.05) is 0 Å². The van der Waals surface area contributed by atoms with Crippen LogP contribution in [-0.4, -0.2) is 10.1 Å². The number of aromatic nitrogens is 1. The van der Waals surface area contributed by atoms with Crippen molar-refractivity contribution in [3.05, 3.63) is 29.6 Å². The maximum absolute atomic E-state index is 10.3. The van der Waals surface area contributed by atoms with E-state index in [1.165, 1.54) is 0 Å². The lowest BCUT2D eigenvalue weighted by molar-refractivity contribution is 0.128. The normalized spacial score (nSPS) is 30.4. The largest absolute Gasteiger partial charge is 0.385 e. The number of rotatable bonds is 3. The Morgan fingerprint density at radius 3 is 3.00 bits per heavy atom. The van der Waals surface area contributed by atoms with Crippen molar-refractivity contribution in [1.82, 2.24) is 4.98 Å². The quantitative estimate of drug-likeness (QED) is 0.795. The number of aryl methyl sites for hydroxylation is 1. The van der Waals surface area contributed by atoms with E-state index in [1.807, 2.05) is 19.2 Å². The predicted octanol–water partition coefficient (Wildman–Crippen LogP) is 2.40. The highest BCUT2D eigenvalue weighted by molar-refractivity contribution is 5.29. The first-order valence-corrected chi connectivity index (χ1v) is 5.31. The minimum absolute atomic E-state index is 0.455. The number of aliphatic hydroxyl groups is 1. The number of hydrogen-bond donors (Lipinski definition) is 1. The molecular weight excluding hydrogens is 174 g/mol. The minimum atomic E-state index is -0.560. The molecule has 0 aliphatic heterocycles. The van der Waals surface area contributed by atoms with Crippen LogP contribution in [-0.2, 0) is 5.60 Å². The van der Waals surface area contributed by atoms with Crippen LogP contribution in [0.1, 0.15) is 37.3 Å². The number of pyridine rings is 1. The third kappa shape index (κ3) is 1.55. The average molecular weight is 191 g/mol. The molecule has 1 aromatic heterocycles. The molecule has 14 heavy (non-hydrogen) atoms. The van der Waals surface area contributed by atoms with E-state index >= 15 is 0 Å². The minimum Gasteiger partial charge on any atom is -0.385 e. The summed E-state index contributed by atoms with van der Waals surface area (Å²) in [6.07, 6.45) is 6.79. The zero-order chi connectivity index (χ0) is 10.2. The van der Waals surface area contributed by atoms with Gasteiger partial charge in [0.15, 0.2) is 0 Å². The summed E-state index contributed by atoms with van der Waals surface area (Å²) in [5.41, 5.74) is 1.56. The summed E-state index contributed by atoms with van der Waals surface area (Å²) < 4.78 is 0. The second-order valence-corrected chi connectivity index (χ2v) is 4.36. The highest BCUT2D eigenvalue weighted by Crippen LogP contribution is 2.54. The Balaban J connectivity index is 2.17. The molecule has 1 aliphatic carbocycles. The lowest BCUT2D eigenvalue weighted by Crippen LogP contribution is -2.09. The Morgan fingerprint density at radius 1 is 1.57 bits per heavy atom. The molecule has 2 heteroatoms. The van der Waals surface area contributed by atoms with Crippen LogP contribution < -0.4 is 0 Å². The Hall–Kier alpha value is -0.890. The van der Waals surface area contributed by atoms with E-state index in [1.54, 1.807) is 6.20 Å². The fraction of sp³-hybridized carbons (Fsp3) is 0.583. The van der Waals surface area contributed by atoms with Gasteiger partial charge in [0, 0.05) is 18.0 Å². The van der Waals surface area contributed by atoms with Gasteiger partial charge in [-0.1, -0.05) is 19.4 Å². The predicted molar refractivity (Wildman–Crippen MR) is 55.9 cm³/mol. The van der Waals surface area contributed by atoms with Crippen LogP contribution in [0.5, 0.6) is 0 Å². The second kappa shape index (κ2) is 3.35. The van der Waals surface area contributed by atoms with Crippen molar-refractivity contribution in [2.45, 2.75) is 38.7 Å². The zero-order valence-corrected chi connectivity index (χ0v) is 8.83. The summed E-state index contributed by atoms with van der Waals surface area (Å²) in [5, 5.41) is 10.3. The summed E-state index contributed by atoms with van der Waals surface area (Å²) in [7, 11) is 0. The molecule has 1 aliphatic rings. The highest BCUT2D eigenvalue weighted by atomic mass is 16.3. The van der Waals surface area contributed by atoms with Gasteiger partial charge in [-0.25, -0.2) is 0 Å². The summed E-state index contributed by atoms with van der Waals surface area (Å²) in [4.78, 5) is 4.13. The fourth-order valence-corrected chi connectivity index (χ4v) is 2.15. The molecule has 1 N–H and O–H groups in total. The Labute approximate surface area is 85.0 Å². The van der Waals surface area contributed by atoms with Crippen molar-refractivity contribution in [2.24, 2.45) is 5.92 Å². The first kappa shape index (κ1) is 9.66. The van der Waals surface area contributed by atoms with E-state index < -0.39 is 5.60 Å². The monoisotopic (exact) mass is 191 g/mol. The van der Waals surface area contributed by atoms with E-state index in [2.05, 4.69) is 11.9 Å². The van der Waals surface area contributed by atoms with Crippen LogP contribution >= 0.6 is 0 Å². The van der Waals surface area contributed by atoms with Crippen molar-refractivity contribution >= 4 is 0 Å². The third-order valence-electron chi connectivity index (χ3n) is 3.08. The van der Waals surface area contributed by atoms with Crippen LogP contribution in [0.3, 0.4) is 0 Å². The fourth-order valence-electron chi connectivity index (χ4n) is 2.15. The van der Waals surface area contributed by atoms with Crippen molar-refractivity contribution in [3.8, 4) is 0 Å². The zero-order valence-electron chi connectivity index (χ0n) is 8.83. The molecule has 1 aromatic rings. The Kier molecular flexibility index (Phi) is 2.31. The lowest BCUT2D eigenvalue weighted by atomic mass is 10.0. The summed E-state index contributed by atoms with van der Waals surface area (Å²) in [6.45, 7) is 4.17. The maximum Gasteiger partial charge on any atom is 0.0944 e. The van der Waals surface area contributed by atoms with Crippen molar-refractivity contribution in [3.63, 3.8) is 0 Å². The van der Waals surface area contributed by atoms with E-state index in [0.29, 0.717) is 5.92 Å². The van der Waals surface area contributed by atoms with E-state index in [-0.39, 0.29) is 0 Å². The van der Waals surface area contributed by atoms with E-state index in [0.717, 1.165) is 30.4 Å². The van der Waals surface area contributed by atoms with Crippen LogP contribution in [0.15, 0.2) is 18.5 Å².